The van der Waals surface area contributed by atoms with Crippen molar-refractivity contribution in [2.45, 2.75) is 26.7 Å². The first-order chi connectivity index (χ1) is 7.52. The quantitative estimate of drug-likeness (QED) is 0.673. The Kier molecular flexibility index (Phi) is 3.11. The predicted octanol–water partition coefficient (Wildman–Crippen LogP) is 2.57. The molecule has 0 spiro atoms. The zero-order valence-electron chi connectivity index (χ0n) is 9.82. The summed E-state index contributed by atoms with van der Waals surface area (Å²) in [5.74, 6) is -0.0377. The Balaban J connectivity index is 2.47. The molecule has 1 aromatic rings. The molecule has 0 aliphatic carbocycles. The normalized spacial score (nSPS) is 19.6. The number of nitrogens with zero attached hydrogens (tertiary/aromatic N) is 1. The van der Waals surface area contributed by atoms with Crippen molar-refractivity contribution in [3.8, 4) is 6.07 Å². The molecule has 1 aromatic carbocycles. The number of rotatable bonds is 0. The summed E-state index contributed by atoms with van der Waals surface area (Å²) in [7, 11) is 0. The Bertz CT molecular complexity index is 474. The Morgan fingerprint density at radius 1 is 1.25 bits per heavy atom. The Morgan fingerprint density at radius 2 is 1.94 bits per heavy atom. The Labute approximate surface area is 107 Å². The molecule has 1 aliphatic heterocycles. The second-order valence-electron chi connectivity index (χ2n) is 5.03. The molecule has 1 aliphatic rings. The van der Waals surface area contributed by atoms with E-state index in [4.69, 9.17) is 0 Å². The van der Waals surface area contributed by atoms with Gasteiger partial charge in [-0.2, -0.15) is 0 Å². The summed E-state index contributed by atoms with van der Waals surface area (Å²) in [4.78, 5) is 0. The molecule has 82 valence electrons. The van der Waals surface area contributed by atoms with Gasteiger partial charge in [-0.25, -0.2) is 0 Å². The minimum atomic E-state index is -0.278. The number of nitriles is 1. The number of allylic oxidation sites excluding steroid dienone is 2. The number of fused-ring (bicyclic) bond motifs is 1. The summed E-state index contributed by atoms with van der Waals surface area (Å²) in [6.45, 7) is 6.73. The van der Waals surface area contributed by atoms with Crippen LogP contribution in [0.2, 0.25) is 0 Å². The summed E-state index contributed by atoms with van der Waals surface area (Å²) >= 11 is -0.278. The van der Waals surface area contributed by atoms with E-state index in [1.54, 1.807) is 0 Å². The van der Waals surface area contributed by atoms with Crippen LogP contribution in [0, 0.1) is 16.7 Å². The first kappa shape index (κ1) is 11.7. The standard InChI is InChI=1S/C14H15NTe/c1-14(2,3)13-8-10(9-15)11-6-4-5-7-12(11)16-13/h4-8,10H,1-3H3. The van der Waals surface area contributed by atoms with Crippen LogP contribution >= 0.6 is 0 Å². The van der Waals surface area contributed by atoms with E-state index >= 15 is 0 Å². The maximum atomic E-state index is 9.24. The molecule has 1 atom stereocenters. The van der Waals surface area contributed by atoms with Crippen LogP contribution < -0.4 is 3.61 Å². The third kappa shape index (κ3) is 2.17. The maximum absolute atomic E-state index is 9.24. The molecule has 0 saturated carbocycles. The molecule has 0 aromatic heterocycles. The number of hydrogen-bond donors (Lipinski definition) is 0. The first-order valence-corrected chi connectivity index (χ1v) is 7.74. The summed E-state index contributed by atoms with van der Waals surface area (Å²) in [6.07, 6.45) is 2.20. The molecule has 0 N–H and O–H groups in total. The van der Waals surface area contributed by atoms with Crippen molar-refractivity contribution in [1.29, 1.82) is 5.26 Å². The van der Waals surface area contributed by atoms with Gasteiger partial charge in [0, 0.05) is 0 Å². The van der Waals surface area contributed by atoms with Crippen molar-refractivity contribution in [1.82, 2.24) is 0 Å². The SMILES string of the molecule is CC(C)(C)C1=CC(C#N)c2ccccc2[Te]1. The molecule has 0 bridgehead atoms. The van der Waals surface area contributed by atoms with Crippen LogP contribution in [0.5, 0.6) is 0 Å². The Hall–Kier alpha value is -0.760. The van der Waals surface area contributed by atoms with Crippen LogP contribution in [0.3, 0.4) is 0 Å². The van der Waals surface area contributed by atoms with Crippen LogP contribution in [-0.2, 0) is 0 Å². The molecule has 1 unspecified atom stereocenters. The summed E-state index contributed by atoms with van der Waals surface area (Å²) in [5, 5.41) is 9.24. The van der Waals surface area contributed by atoms with Gasteiger partial charge in [0.15, 0.2) is 0 Å². The van der Waals surface area contributed by atoms with Crippen LogP contribution in [0.1, 0.15) is 32.3 Å². The van der Waals surface area contributed by atoms with Gasteiger partial charge in [-0.15, -0.1) is 0 Å². The van der Waals surface area contributed by atoms with E-state index in [0.29, 0.717) is 0 Å². The van der Waals surface area contributed by atoms with Crippen molar-refractivity contribution >= 4 is 24.5 Å². The molecule has 0 saturated heterocycles. The topological polar surface area (TPSA) is 23.8 Å². The Morgan fingerprint density at radius 3 is 2.56 bits per heavy atom. The van der Waals surface area contributed by atoms with Gasteiger partial charge in [-0.05, 0) is 0 Å². The minimum absolute atomic E-state index is 0.0377. The van der Waals surface area contributed by atoms with E-state index in [9.17, 15) is 5.26 Å². The van der Waals surface area contributed by atoms with Gasteiger partial charge in [0.25, 0.3) is 0 Å². The molecule has 2 rings (SSSR count). The third-order valence-corrected chi connectivity index (χ3v) is 7.12. The van der Waals surface area contributed by atoms with Gasteiger partial charge in [0.05, 0.1) is 0 Å². The average Bonchev–Trinajstić information content (AvgIpc) is 2.26. The van der Waals surface area contributed by atoms with Gasteiger partial charge in [-0.1, -0.05) is 0 Å². The summed E-state index contributed by atoms with van der Waals surface area (Å²) < 4.78 is 2.94. The summed E-state index contributed by atoms with van der Waals surface area (Å²) in [5.41, 5.74) is 1.45. The van der Waals surface area contributed by atoms with Gasteiger partial charge >= 0.3 is 107 Å². The molecular formula is C14H15NTe. The molecule has 2 heteroatoms. The molecule has 1 nitrogen and oxygen atoms in total. The molecule has 16 heavy (non-hydrogen) atoms. The molecule has 1 heterocycles. The molecule has 0 radical (unpaired) electrons. The van der Waals surface area contributed by atoms with E-state index in [-0.39, 0.29) is 32.3 Å². The molecular weight excluding hydrogens is 310 g/mol. The second-order valence-corrected chi connectivity index (χ2v) is 8.12. The fraction of sp³-hybridized carbons (Fsp3) is 0.357. The van der Waals surface area contributed by atoms with Crippen molar-refractivity contribution in [3.63, 3.8) is 0 Å². The van der Waals surface area contributed by atoms with Gasteiger partial charge < -0.3 is 0 Å². The molecule has 0 amide bonds. The second kappa shape index (κ2) is 4.25. The fourth-order valence-corrected chi connectivity index (χ4v) is 5.18. The van der Waals surface area contributed by atoms with E-state index in [1.807, 2.05) is 6.07 Å². The van der Waals surface area contributed by atoms with Crippen molar-refractivity contribution in [2.24, 2.45) is 5.41 Å². The van der Waals surface area contributed by atoms with Crippen LogP contribution in [0.15, 0.2) is 34.0 Å². The average molecular weight is 325 g/mol. The van der Waals surface area contributed by atoms with Crippen molar-refractivity contribution in [2.75, 3.05) is 0 Å². The fourth-order valence-electron chi connectivity index (χ4n) is 1.73. The summed E-state index contributed by atoms with van der Waals surface area (Å²) in [6, 6.07) is 10.8. The van der Waals surface area contributed by atoms with E-state index in [2.05, 4.69) is 51.1 Å². The van der Waals surface area contributed by atoms with E-state index in [0.717, 1.165) is 0 Å². The van der Waals surface area contributed by atoms with Gasteiger partial charge in [-0.3, -0.25) is 0 Å². The number of hydrogen-bond acceptors (Lipinski definition) is 1. The van der Waals surface area contributed by atoms with Crippen LogP contribution in [-0.4, -0.2) is 20.9 Å². The van der Waals surface area contributed by atoms with Crippen LogP contribution in [0.4, 0.5) is 0 Å². The van der Waals surface area contributed by atoms with Crippen molar-refractivity contribution in [3.05, 3.63) is 39.5 Å². The zero-order chi connectivity index (χ0) is 11.8. The van der Waals surface area contributed by atoms with Crippen molar-refractivity contribution < 1.29 is 0 Å². The van der Waals surface area contributed by atoms with Gasteiger partial charge in [0.2, 0.25) is 0 Å². The zero-order valence-corrected chi connectivity index (χ0v) is 12.1. The predicted molar refractivity (Wildman–Crippen MR) is 67.7 cm³/mol. The monoisotopic (exact) mass is 327 g/mol. The van der Waals surface area contributed by atoms with E-state index in [1.165, 1.54) is 12.8 Å². The van der Waals surface area contributed by atoms with E-state index < -0.39 is 0 Å². The van der Waals surface area contributed by atoms with Gasteiger partial charge in [0.1, 0.15) is 0 Å². The first-order valence-electron chi connectivity index (χ1n) is 5.41. The third-order valence-electron chi connectivity index (χ3n) is 2.67. The number of benzene rings is 1. The van der Waals surface area contributed by atoms with Crippen LogP contribution in [0.25, 0.3) is 0 Å². The molecule has 0 fully saturated rings.